The maximum Gasteiger partial charge on any atom is 0.0545 e. The van der Waals surface area contributed by atoms with Gasteiger partial charge in [0.25, 0.3) is 0 Å². The van der Waals surface area contributed by atoms with Crippen LogP contribution < -0.4 is 0 Å². The van der Waals surface area contributed by atoms with Gasteiger partial charge in [-0.2, -0.15) is 0 Å². The van der Waals surface area contributed by atoms with Crippen molar-refractivity contribution in [1.29, 1.82) is 0 Å². The summed E-state index contributed by atoms with van der Waals surface area (Å²) in [7, 11) is 0. The highest BCUT2D eigenvalue weighted by molar-refractivity contribution is 5.09. The molecule has 4 aliphatic rings. The van der Waals surface area contributed by atoms with Crippen LogP contribution in [-0.2, 0) is 0 Å². The van der Waals surface area contributed by atoms with Gasteiger partial charge in [0.1, 0.15) is 0 Å². The number of hydrogen-bond acceptors (Lipinski definition) is 2. The first-order chi connectivity index (χ1) is 10.9. The van der Waals surface area contributed by atoms with Crippen molar-refractivity contribution < 1.29 is 10.2 Å². The molecule has 4 rings (SSSR count). The average molecular weight is 321 g/mol. The van der Waals surface area contributed by atoms with Crippen LogP contribution in [0.4, 0.5) is 0 Å². The van der Waals surface area contributed by atoms with Gasteiger partial charge < -0.3 is 10.2 Å². The molecule has 0 aromatic rings. The van der Waals surface area contributed by atoms with Crippen LogP contribution in [0.2, 0.25) is 0 Å². The van der Waals surface area contributed by atoms with E-state index < -0.39 is 0 Å². The SMILES string of the molecule is C[C@@H](O)[C@H]1CCC2C3CCC4C[C@@H](O)CC[C@]4(C)C3CC[C@@]21C. The standard InChI is InChI=1S/C21H36O2/c1-13(22)17-6-7-18-16-5-4-14-12-15(23)8-10-20(14,2)19(16)9-11-21(17,18)3/h13-19,22-23H,4-12H2,1-3H3/t13-,14?,15+,16?,17-,18?,19?,20+,21-/m1/s1. The highest BCUT2D eigenvalue weighted by Crippen LogP contribution is 2.67. The van der Waals surface area contributed by atoms with Gasteiger partial charge in [-0.15, -0.1) is 0 Å². The molecule has 9 atom stereocenters. The van der Waals surface area contributed by atoms with Crippen molar-refractivity contribution in [3.63, 3.8) is 0 Å². The molecule has 0 spiro atoms. The first kappa shape index (κ1) is 16.4. The van der Waals surface area contributed by atoms with Crippen molar-refractivity contribution in [1.82, 2.24) is 0 Å². The molecule has 4 fully saturated rings. The van der Waals surface area contributed by atoms with Crippen LogP contribution in [0, 0.1) is 40.4 Å². The summed E-state index contributed by atoms with van der Waals surface area (Å²) in [5.41, 5.74) is 0.860. The minimum absolute atomic E-state index is 0.0374. The minimum Gasteiger partial charge on any atom is -0.393 e. The Labute approximate surface area is 142 Å². The predicted octanol–water partition coefficient (Wildman–Crippen LogP) is 4.39. The Morgan fingerprint density at radius 2 is 1.57 bits per heavy atom. The summed E-state index contributed by atoms with van der Waals surface area (Å²) in [6.07, 6.45) is 11.1. The smallest absolute Gasteiger partial charge is 0.0545 e. The molecule has 2 heteroatoms. The zero-order valence-electron chi connectivity index (χ0n) is 15.3. The van der Waals surface area contributed by atoms with E-state index >= 15 is 0 Å². The molecule has 0 aliphatic heterocycles. The quantitative estimate of drug-likeness (QED) is 0.752. The molecule has 0 amide bonds. The average Bonchev–Trinajstić information content (AvgIpc) is 2.85. The molecule has 0 heterocycles. The Balaban J connectivity index is 1.60. The van der Waals surface area contributed by atoms with Crippen LogP contribution in [0.15, 0.2) is 0 Å². The maximum absolute atomic E-state index is 10.3. The molecule has 132 valence electrons. The summed E-state index contributed by atoms with van der Waals surface area (Å²) >= 11 is 0. The van der Waals surface area contributed by atoms with E-state index in [4.69, 9.17) is 0 Å². The molecule has 0 bridgehead atoms. The topological polar surface area (TPSA) is 40.5 Å². The van der Waals surface area contributed by atoms with Crippen molar-refractivity contribution in [3.05, 3.63) is 0 Å². The molecule has 0 saturated heterocycles. The summed E-state index contributed by atoms with van der Waals surface area (Å²) in [5, 5.41) is 20.4. The van der Waals surface area contributed by atoms with Crippen molar-refractivity contribution in [2.24, 2.45) is 40.4 Å². The Hall–Kier alpha value is -0.0800. The lowest BCUT2D eigenvalue weighted by atomic mass is 9.44. The second-order valence-corrected chi connectivity index (χ2v) is 10.1. The largest absolute Gasteiger partial charge is 0.393 e. The van der Waals surface area contributed by atoms with Gasteiger partial charge >= 0.3 is 0 Å². The minimum atomic E-state index is -0.140. The zero-order valence-corrected chi connectivity index (χ0v) is 15.3. The second kappa shape index (κ2) is 5.46. The highest BCUT2D eigenvalue weighted by Gasteiger charge is 2.60. The van der Waals surface area contributed by atoms with Gasteiger partial charge in [0.05, 0.1) is 12.2 Å². The van der Waals surface area contributed by atoms with E-state index in [9.17, 15) is 10.2 Å². The summed E-state index contributed by atoms with van der Waals surface area (Å²) in [4.78, 5) is 0. The van der Waals surface area contributed by atoms with Crippen LogP contribution in [0.3, 0.4) is 0 Å². The highest BCUT2D eigenvalue weighted by atomic mass is 16.3. The molecule has 2 nitrogen and oxygen atoms in total. The monoisotopic (exact) mass is 320 g/mol. The third-order valence-corrected chi connectivity index (χ3v) is 9.29. The third kappa shape index (κ3) is 2.27. The third-order valence-electron chi connectivity index (χ3n) is 9.29. The van der Waals surface area contributed by atoms with Gasteiger partial charge in [-0.05, 0) is 105 Å². The molecule has 0 aromatic heterocycles. The van der Waals surface area contributed by atoms with E-state index in [1.165, 1.54) is 44.9 Å². The van der Waals surface area contributed by atoms with Crippen LogP contribution in [0.25, 0.3) is 0 Å². The molecule has 0 radical (unpaired) electrons. The maximum atomic E-state index is 10.3. The lowest BCUT2D eigenvalue weighted by Gasteiger charge is -2.61. The first-order valence-electron chi connectivity index (χ1n) is 10.2. The normalized spacial score (nSPS) is 57.3. The number of fused-ring (bicyclic) bond motifs is 5. The molecule has 23 heavy (non-hydrogen) atoms. The second-order valence-electron chi connectivity index (χ2n) is 10.1. The fourth-order valence-corrected chi connectivity index (χ4v) is 8.07. The van der Waals surface area contributed by atoms with Gasteiger partial charge in [-0.1, -0.05) is 13.8 Å². The summed E-state index contributed by atoms with van der Waals surface area (Å²) in [5.74, 6) is 3.87. The van der Waals surface area contributed by atoms with Crippen LogP contribution >= 0.6 is 0 Å². The first-order valence-corrected chi connectivity index (χ1v) is 10.2. The van der Waals surface area contributed by atoms with Gasteiger partial charge in [-0.3, -0.25) is 0 Å². The lowest BCUT2D eigenvalue weighted by Crippen LogP contribution is -2.54. The Bertz CT molecular complexity index is 461. The van der Waals surface area contributed by atoms with E-state index in [2.05, 4.69) is 13.8 Å². The summed E-state index contributed by atoms with van der Waals surface area (Å²) in [6, 6.07) is 0. The fraction of sp³-hybridized carbons (Fsp3) is 1.00. The molecule has 4 unspecified atom stereocenters. The fourth-order valence-electron chi connectivity index (χ4n) is 8.07. The Morgan fingerprint density at radius 3 is 2.30 bits per heavy atom. The molecule has 4 aliphatic carbocycles. The van der Waals surface area contributed by atoms with Crippen molar-refractivity contribution in [2.45, 2.75) is 90.8 Å². The van der Waals surface area contributed by atoms with Crippen LogP contribution in [0.1, 0.15) is 78.6 Å². The number of aliphatic hydroxyl groups excluding tert-OH is 2. The molecular formula is C21H36O2. The summed E-state index contributed by atoms with van der Waals surface area (Å²) < 4.78 is 0. The van der Waals surface area contributed by atoms with Crippen molar-refractivity contribution >= 4 is 0 Å². The van der Waals surface area contributed by atoms with E-state index in [-0.39, 0.29) is 12.2 Å². The van der Waals surface area contributed by atoms with Crippen molar-refractivity contribution in [3.8, 4) is 0 Å². The van der Waals surface area contributed by atoms with Gasteiger partial charge in [-0.25, -0.2) is 0 Å². The molecule has 2 N–H and O–H groups in total. The number of rotatable bonds is 1. The van der Waals surface area contributed by atoms with E-state index in [0.717, 1.165) is 36.5 Å². The molecule has 0 aromatic carbocycles. The van der Waals surface area contributed by atoms with E-state index in [1.54, 1.807) is 0 Å². The van der Waals surface area contributed by atoms with Crippen LogP contribution in [0.5, 0.6) is 0 Å². The molecule has 4 saturated carbocycles. The van der Waals surface area contributed by atoms with Gasteiger partial charge in [0.2, 0.25) is 0 Å². The Kier molecular flexibility index (Phi) is 3.89. The number of aliphatic hydroxyl groups is 2. The molecular weight excluding hydrogens is 284 g/mol. The summed E-state index contributed by atoms with van der Waals surface area (Å²) in [6.45, 7) is 7.08. The van der Waals surface area contributed by atoms with E-state index in [0.29, 0.717) is 16.7 Å². The van der Waals surface area contributed by atoms with Gasteiger partial charge in [0.15, 0.2) is 0 Å². The zero-order chi connectivity index (χ0) is 16.4. The van der Waals surface area contributed by atoms with Crippen molar-refractivity contribution in [2.75, 3.05) is 0 Å². The van der Waals surface area contributed by atoms with E-state index in [1.807, 2.05) is 6.92 Å². The number of hydrogen-bond donors (Lipinski definition) is 2. The van der Waals surface area contributed by atoms with Gasteiger partial charge in [0, 0.05) is 0 Å². The van der Waals surface area contributed by atoms with Crippen LogP contribution in [-0.4, -0.2) is 22.4 Å². The Morgan fingerprint density at radius 1 is 0.870 bits per heavy atom. The predicted molar refractivity (Wildman–Crippen MR) is 92.9 cm³/mol. The lowest BCUT2D eigenvalue weighted by molar-refractivity contribution is -0.132.